The summed E-state index contributed by atoms with van der Waals surface area (Å²) in [6.45, 7) is 0. The predicted molar refractivity (Wildman–Crippen MR) is 51.8 cm³/mol. The number of amidine groups is 1. The lowest BCUT2D eigenvalue weighted by Crippen LogP contribution is -2.46. The Morgan fingerprint density at radius 1 is 1.21 bits per heavy atom. The van der Waals surface area contributed by atoms with Gasteiger partial charge in [0, 0.05) is 17.8 Å². The molecule has 0 unspecified atom stereocenters. The molecule has 0 amide bonds. The van der Waals surface area contributed by atoms with Crippen molar-refractivity contribution < 1.29 is 31.1 Å². The maximum Gasteiger partial charge on any atom is 0.434 e. The van der Waals surface area contributed by atoms with Gasteiger partial charge in [0.05, 0.1) is 0 Å². The number of nitrogens with one attached hydrogen (secondary N) is 1. The molecule has 0 spiro atoms. The van der Waals surface area contributed by atoms with E-state index in [1.54, 1.807) is 0 Å². The fourth-order valence-electron chi connectivity index (χ4n) is 1.08. The van der Waals surface area contributed by atoms with Gasteiger partial charge in [-0.1, -0.05) is 0 Å². The Morgan fingerprint density at radius 2 is 1.74 bits per heavy atom. The Kier molecular flexibility index (Phi) is 3.91. The van der Waals surface area contributed by atoms with Crippen molar-refractivity contribution in [3.63, 3.8) is 0 Å². The number of pyridine rings is 1. The van der Waals surface area contributed by atoms with Crippen LogP contribution >= 0.6 is 0 Å². The van der Waals surface area contributed by atoms with E-state index in [1.165, 1.54) is 0 Å². The van der Waals surface area contributed by atoms with Crippen LogP contribution in [0.3, 0.4) is 0 Å². The molecule has 1 aromatic rings. The van der Waals surface area contributed by atoms with Crippen molar-refractivity contribution >= 4 is 5.84 Å². The van der Waals surface area contributed by atoms with Gasteiger partial charge in [-0.25, -0.2) is 4.98 Å². The highest BCUT2D eigenvalue weighted by atomic mass is 19.4. The van der Waals surface area contributed by atoms with Crippen LogP contribution in [0.2, 0.25) is 0 Å². The van der Waals surface area contributed by atoms with E-state index in [2.05, 4.69) is 9.72 Å². The highest BCUT2D eigenvalue weighted by molar-refractivity contribution is 5.95. The molecule has 10 heteroatoms. The minimum absolute atomic E-state index is 0.104. The van der Waals surface area contributed by atoms with Crippen molar-refractivity contribution in [3.05, 3.63) is 23.9 Å². The highest BCUT2D eigenvalue weighted by Gasteiger charge is 2.59. The van der Waals surface area contributed by atoms with E-state index < -0.39 is 30.2 Å². The summed E-state index contributed by atoms with van der Waals surface area (Å²) in [7, 11) is 0. The second-order valence-corrected chi connectivity index (χ2v) is 3.38. The number of hydrogen-bond acceptors (Lipinski definition) is 3. The number of nitrogens with two attached hydrogens (primary N) is 1. The topological polar surface area (TPSA) is 72.0 Å². The zero-order chi connectivity index (χ0) is 14.8. The largest absolute Gasteiger partial charge is 0.455 e. The van der Waals surface area contributed by atoms with Gasteiger partial charge in [-0.2, -0.15) is 26.3 Å². The third-order valence-corrected chi connectivity index (χ3v) is 1.88. The minimum atomic E-state index is -5.63. The van der Waals surface area contributed by atoms with Gasteiger partial charge in [-0.3, -0.25) is 5.41 Å². The van der Waals surface area contributed by atoms with Crippen molar-refractivity contribution in [1.29, 1.82) is 5.41 Å². The standard InChI is InChI=1S/C9H7F6N3O/c10-8(11,12)7(9(13,14)15)19-5-3-4(6(16)17)1-2-18-5/h1-3,7H,(H3,16,17). The maximum atomic E-state index is 12.2. The van der Waals surface area contributed by atoms with Crippen LogP contribution in [0.4, 0.5) is 26.3 Å². The molecule has 1 aromatic heterocycles. The van der Waals surface area contributed by atoms with Crippen LogP contribution in [0.15, 0.2) is 18.3 Å². The number of ether oxygens (including phenoxy) is 1. The van der Waals surface area contributed by atoms with Crippen LogP contribution in [-0.2, 0) is 0 Å². The van der Waals surface area contributed by atoms with E-state index in [0.717, 1.165) is 12.3 Å². The van der Waals surface area contributed by atoms with E-state index in [0.29, 0.717) is 6.07 Å². The molecule has 0 aliphatic rings. The summed E-state index contributed by atoms with van der Waals surface area (Å²) in [5, 5.41) is 7.01. The molecule has 1 heterocycles. The summed E-state index contributed by atoms with van der Waals surface area (Å²) in [6.07, 6.45) is -14.4. The lowest BCUT2D eigenvalue weighted by atomic mass is 10.2. The van der Waals surface area contributed by atoms with Crippen molar-refractivity contribution in [1.82, 2.24) is 4.98 Å². The fourth-order valence-corrected chi connectivity index (χ4v) is 1.08. The van der Waals surface area contributed by atoms with Gasteiger partial charge in [-0.15, -0.1) is 0 Å². The third-order valence-electron chi connectivity index (χ3n) is 1.88. The number of alkyl halides is 6. The Balaban J connectivity index is 3.04. The SMILES string of the molecule is N=C(N)c1ccnc(OC(C(F)(F)F)C(F)(F)F)c1. The Labute approximate surface area is 102 Å². The van der Waals surface area contributed by atoms with Gasteiger partial charge in [0.15, 0.2) is 0 Å². The third kappa shape index (κ3) is 4.00. The zero-order valence-electron chi connectivity index (χ0n) is 9.01. The number of halogens is 6. The summed E-state index contributed by atoms with van der Waals surface area (Å²) >= 11 is 0. The Hall–Kier alpha value is -2.00. The molecule has 1 rings (SSSR count). The first kappa shape index (κ1) is 15.1. The molecule has 0 saturated carbocycles. The van der Waals surface area contributed by atoms with E-state index >= 15 is 0 Å². The molecule has 0 atom stereocenters. The lowest BCUT2D eigenvalue weighted by Gasteiger charge is -2.23. The quantitative estimate of drug-likeness (QED) is 0.509. The number of rotatable bonds is 3. The number of nitrogens with zero attached hydrogens (tertiary/aromatic N) is 1. The van der Waals surface area contributed by atoms with Crippen LogP contribution in [-0.4, -0.2) is 29.3 Å². The molecule has 0 bridgehead atoms. The second-order valence-electron chi connectivity index (χ2n) is 3.38. The van der Waals surface area contributed by atoms with E-state index in [9.17, 15) is 26.3 Å². The average molecular weight is 287 g/mol. The molecule has 0 aliphatic heterocycles. The first-order valence-electron chi connectivity index (χ1n) is 4.62. The lowest BCUT2D eigenvalue weighted by molar-refractivity contribution is -0.300. The van der Waals surface area contributed by atoms with Crippen LogP contribution in [0.25, 0.3) is 0 Å². The summed E-state index contributed by atoms with van der Waals surface area (Å²) in [4.78, 5) is 3.21. The van der Waals surface area contributed by atoms with Crippen molar-refractivity contribution in [2.24, 2.45) is 5.73 Å². The minimum Gasteiger partial charge on any atom is -0.455 e. The normalized spacial score (nSPS) is 12.6. The first-order valence-corrected chi connectivity index (χ1v) is 4.62. The van der Waals surface area contributed by atoms with Crippen LogP contribution in [0.1, 0.15) is 5.56 Å². The summed E-state index contributed by atoms with van der Waals surface area (Å²) in [5.41, 5.74) is 4.94. The van der Waals surface area contributed by atoms with Gasteiger partial charge in [0.1, 0.15) is 5.84 Å². The van der Waals surface area contributed by atoms with E-state index in [4.69, 9.17) is 11.1 Å². The molecular weight excluding hydrogens is 280 g/mol. The molecule has 0 saturated heterocycles. The highest BCUT2D eigenvalue weighted by Crippen LogP contribution is 2.36. The van der Waals surface area contributed by atoms with Gasteiger partial charge in [0.2, 0.25) is 5.88 Å². The monoisotopic (exact) mass is 287 g/mol. The van der Waals surface area contributed by atoms with Crippen molar-refractivity contribution in [2.45, 2.75) is 18.5 Å². The van der Waals surface area contributed by atoms with Crippen molar-refractivity contribution in [2.75, 3.05) is 0 Å². The van der Waals surface area contributed by atoms with E-state index in [-0.39, 0.29) is 5.56 Å². The van der Waals surface area contributed by atoms with Crippen molar-refractivity contribution in [3.8, 4) is 5.88 Å². The smallest absolute Gasteiger partial charge is 0.434 e. The molecule has 4 nitrogen and oxygen atoms in total. The predicted octanol–water partition coefficient (Wildman–Crippen LogP) is 2.24. The molecule has 0 radical (unpaired) electrons. The molecular formula is C9H7F6N3O. The van der Waals surface area contributed by atoms with Crippen LogP contribution in [0.5, 0.6) is 5.88 Å². The summed E-state index contributed by atoms with van der Waals surface area (Å²) in [6, 6.07) is 1.86. The van der Waals surface area contributed by atoms with Gasteiger partial charge >= 0.3 is 12.4 Å². The average Bonchev–Trinajstić information content (AvgIpc) is 2.23. The Bertz CT molecular complexity index is 456. The molecule has 106 valence electrons. The first-order chi connectivity index (χ1) is 8.51. The number of hydrogen-bond donors (Lipinski definition) is 2. The molecule has 3 N–H and O–H groups in total. The zero-order valence-corrected chi connectivity index (χ0v) is 9.01. The molecule has 0 aromatic carbocycles. The fraction of sp³-hybridized carbons (Fsp3) is 0.333. The maximum absolute atomic E-state index is 12.2. The van der Waals surface area contributed by atoms with Gasteiger partial charge < -0.3 is 10.5 Å². The van der Waals surface area contributed by atoms with Gasteiger partial charge in [-0.05, 0) is 6.07 Å². The molecule has 19 heavy (non-hydrogen) atoms. The Morgan fingerprint density at radius 3 is 2.16 bits per heavy atom. The summed E-state index contributed by atoms with van der Waals surface area (Å²) in [5.74, 6) is -1.46. The molecule has 0 fully saturated rings. The van der Waals surface area contributed by atoms with Crippen LogP contribution in [0, 0.1) is 5.41 Å². The molecule has 0 aliphatic carbocycles. The summed E-state index contributed by atoms with van der Waals surface area (Å²) < 4.78 is 77.1. The number of aromatic nitrogens is 1. The van der Waals surface area contributed by atoms with E-state index in [1.807, 2.05) is 0 Å². The van der Waals surface area contributed by atoms with Gasteiger partial charge in [0.25, 0.3) is 6.10 Å². The number of nitrogen functional groups attached to an aromatic ring is 1. The van der Waals surface area contributed by atoms with Crippen LogP contribution < -0.4 is 10.5 Å². The second kappa shape index (κ2) is 4.94.